The molecule has 0 unspecified atom stereocenters. The van der Waals surface area contributed by atoms with E-state index in [2.05, 4.69) is 127 Å². The molecule has 2 nitrogen and oxygen atoms in total. The summed E-state index contributed by atoms with van der Waals surface area (Å²) in [5.41, 5.74) is 12.4. The SMILES string of the molecule is Cc1ccc(-c2c(B3c4ccccc4-c4ncccc43)n(-c3ccccc3)c3ccccc23)cc1. The number of nitrogens with zero attached hydrogens (tertiary/aromatic N) is 2. The lowest BCUT2D eigenvalue weighted by Crippen LogP contribution is -2.52. The van der Waals surface area contributed by atoms with Crippen LogP contribution in [-0.2, 0) is 0 Å². The summed E-state index contributed by atoms with van der Waals surface area (Å²) in [5, 5.41) is 1.27. The lowest BCUT2D eigenvalue weighted by atomic mass is 9.40. The van der Waals surface area contributed by atoms with Crippen molar-refractivity contribution < 1.29 is 0 Å². The summed E-state index contributed by atoms with van der Waals surface area (Å²) in [6.07, 6.45) is 1.91. The summed E-state index contributed by atoms with van der Waals surface area (Å²) in [6, 6.07) is 41.6. The molecule has 0 N–H and O–H groups in total. The van der Waals surface area contributed by atoms with E-state index in [1.165, 1.54) is 55.4 Å². The summed E-state index contributed by atoms with van der Waals surface area (Å²) in [7, 11) is 0. The third-order valence-corrected chi connectivity index (χ3v) is 7.22. The maximum Gasteiger partial charge on any atom is 0.266 e. The van der Waals surface area contributed by atoms with Crippen LogP contribution >= 0.6 is 0 Å². The molecule has 0 amide bonds. The minimum atomic E-state index is 0.0822. The largest absolute Gasteiger partial charge is 0.321 e. The number of hydrogen-bond donors (Lipinski definition) is 0. The van der Waals surface area contributed by atoms with Crippen LogP contribution in [0.2, 0.25) is 0 Å². The molecule has 2 aromatic heterocycles. The van der Waals surface area contributed by atoms with Crippen LogP contribution in [0.3, 0.4) is 0 Å². The molecule has 1 aliphatic rings. The smallest absolute Gasteiger partial charge is 0.266 e. The standard InChI is InChI=1S/C32H23BN2/c1-22-17-19-23(20-18-22)30-26-13-6-8-16-29(26)35(24-10-3-2-4-11-24)32(30)33-27-14-7-5-12-25(27)31-28(33)15-9-21-34-31/h2-21H,1H3. The quantitative estimate of drug-likeness (QED) is 0.328. The monoisotopic (exact) mass is 446 g/mol. The van der Waals surface area contributed by atoms with Gasteiger partial charge in [-0.05, 0) is 47.8 Å². The zero-order valence-electron chi connectivity index (χ0n) is 19.5. The number of aryl methyl sites for hydroxylation is 1. The van der Waals surface area contributed by atoms with E-state index in [1.807, 2.05) is 6.20 Å². The van der Waals surface area contributed by atoms with Crippen LogP contribution in [0.15, 0.2) is 121 Å². The third-order valence-electron chi connectivity index (χ3n) is 7.22. The summed E-state index contributed by atoms with van der Waals surface area (Å²) in [4.78, 5) is 4.84. The highest BCUT2D eigenvalue weighted by Gasteiger charge is 2.39. The van der Waals surface area contributed by atoms with Gasteiger partial charge in [0.05, 0.1) is 11.2 Å². The average molecular weight is 446 g/mol. The van der Waals surface area contributed by atoms with Crippen LogP contribution in [0, 0.1) is 6.92 Å². The Morgan fingerprint density at radius 2 is 1.37 bits per heavy atom. The molecule has 0 saturated carbocycles. The van der Waals surface area contributed by atoms with Gasteiger partial charge in [0.25, 0.3) is 6.71 Å². The first-order valence-electron chi connectivity index (χ1n) is 12.1. The Hall–Kier alpha value is -4.37. The number of fused-ring (bicyclic) bond motifs is 4. The fourth-order valence-electron chi connectivity index (χ4n) is 5.71. The number of hydrogen-bond acceptors (Lipinski definition) is 1. The van der Waals surface area contributed by atoms with E-state index in [-0.39, 0.29) is 6.71 Å². The van der Waals surface area contributed by atoms with E-state index in [1.54, 1.807) is 0 Å². The van der Waals surface area contributed by atoms with Gasteiger partial charge in [-0.1, -0.05) is 102 Å². The van der Waals surface area contributed by atoms with Crippen molar-refractivity contribution in [3.8, 4) is 28.1 Å². The van der Waals surface area contributed by atoms with Gasteiger partial charge in [0.1, 0.15) is 0 Å². The second kappa shape index (κ2) is 7.85. The topological polar surface area (TPSA) is 17.8 Å². The molecule has 0 fully saturated rings. The minimum Gasteiger partial charge on any atom is -0.321 e. The lowest BCUT2D eigenvalue weighted by molar-refractivity contribution is 1.16. The number of para-hydroxylation sites is 2. The Kier molecular flexibility index (Phi) is 4.50. The number of pyridine rings is 1. The number of aromatic nitrogens is 2. The van der Waals surface area contributed by atoms with E-state index in [9.17, 15) is 0 Å². The molecule has 0 saturated heterocycles. The van der Waals surface area contributed by atoms with Crippen LogP contribution in [0.1, 0.15) is 5.56 Å². The minimum absolute atomic E-state index is 0.0822. The second-order valence-electron chi connectivity index (χ2n) is 9.28. The van der Waals surface area contributed by atoms with Crippen molar-refractivity contribution in [2.75, 3.05) is 0 Å². The van der Waals surface area contributed by atoms with E-state index < -0.39 is 0 Å². The molecule has 6 aromatic rings. The fourth-order valence-corrected chi connectivity index (χ4v) is 5.71. The highest BCUT2D eigenvalue weighted by atomic mass is 15.0. The zero-order valence-corrected chi connectivity index (χ0v) is 19.5. The molecule has 3 heterocycles. The van der Waals surface area contributed by atoms with Crippen molar-refractivity contribution in [1.29, 1.82) is 0 Å². The molecule has 164 valence electrons. The molecule has 0 aliphatic carbocycles. The molecule has 1 aliphatic heterocycles. The highest BCUT2D eigenvalue weighted by Crippen LogP contribution is 2.33. The van der Waals surface area contributed by atoms with Gasteiger partial charge >= 0.3 is 0 Å². The summed E-state index contributed by atoms with van der Waals surface area (Å²) in [5.74, 6) is 0. The lowest BCUT2D eigenvalue weighted by Gasteiger charge is -2.18. The van der Waals surface area contributed by atoms with Gasteiger partial charge in [-0.2, -0.15) is 0 Å². The Labute approximate surface area is 205 Å². The Balaban J connectivity index is 1.66. The Bertz CT molecular complexity index is 1650. The molecule has 7 rings (SSSR count). The van der Waals surface area contributed by atoms with Gasteiger partial charge in [0, 0.05) is 28.4 Å². The first-order chi connectivity index (χ1) is 17.3. The maximum atomic E-state index is 4.84. The first-order valence-corrected chi connectivity index (χ1v) is 12.1. The van der Waals surface area contributed by atoms with Crippen molar-refractivity contribution in [3.63, 3.8) is 0 Å². The van der Waals surface area contributed by atoms with E-state index in [4.69, 9.17) is 4.98 Å². The van der Waals surface area contributed by atoms with Gasteiger partial charge in [-0.25, -0.2) is 0 Å². The van der Waals surface area contributed by atoms with Gasteiger partial charge < -0.3 is 4.57 Å². The molecule has 0 spiro atoms. The molecule has 0 radical (unpaired) electrons. The maximum absolute atomic E-state index is 4.84. The molecule has 3 heteroatoms. The van der Waals surface area contributed by atoms with Crippen LogP contribution in [-0.4, -0.2) is 16.3 Å². The Morgan fingerprint density at radius 3 is 2.23 bits per heavy atom. The van der Waals surface area contributed by atoms with Crippen molar-refractivity contribution >= 4 is 34.1 Å². The van der Waals surface area contributed by atoms with Crippen molar-refractivity contribution in [3.05, 3.63) is 127 Å². The predicted molar refractivity (Wildman–Crippen MR) is 148 cm³/mol. The normalized spacial score (nSPS) is 12.1. The highest BCUT2D eigenvalue weighted by molar-refractivity contribution is 6.99. The predicted octanol–water partition coefficient (Wildman–Crippen LogP) is 5.50. The number of rotatable bonds is 3. The number of benzene rings is 4. The van der Waals surface area contributed by atoms with E-state index in [0.29, 0.717) is 0 Å². The molecule has 0 bridgehead atoms. The van der Waals surface area contributed by atoms with E-state index >= 15 is 0 Å². The van der Waals surface area contributed by atoms with Gasteiger partial charge in [0.2, 0.25) is 0 Å². The van der Waals surface area contributed by atoms with Gasteiger partial charge in [-0.3, -0.25) is 4.98 Å². The molecule has 4 aromatic carbocycles. The molecular formula is C32H23BN2. The Morgan fingerprint density at radius 1 is 0.657 bits per heavy atom. The molecule has 0 atom stereocenters. The first kappa shape index (κ1) is 20.0. The van der Waals surface area contributed by atoms with Crippen LogP contribution < -0.4 is 16.5 Å². The van der Waals surface area contributed by atoms with Crippen LogP contribution in [0.5, 0.6) is 0 Å². The summed E-state index contributed by atoms with van der Waals surface area (Å²) >= 11 is 0. The van der Waals surface area contributed by atoms with Crippen molar-refractivity contribution in [2.45, 2.75) is 6.92 Å². The zero-order chi connectivity index (χ0) is 23.4. The fraction of sp³-hybridized carbons (Fsp3) is 0.0312. The van der Waals surface area contributed by atoms with Crippen molar-refractivity contribution in [1.82, 2.24) is 9.55 Å². The average Bonchev–Trinajstić information content (AvgIpc) is 3.42. The van der Waals surface area contributed by atoms with Gasteiger partial charge in [-0.15, -0.1) is 0 Å². The summed E-state index contributed by atoms with van der Waals surface area (Å²) < 4.78 is 2.47. The summed E-state index contributed by atoms with van der Waals surface area (Å²) in [6.45, 7) is 2.23. The van der Waals surface area contributed by atoms with E-state index in [0.717, 1.165) is 5.69 Å². The van der Waals surface area contributed by atoms with Crippen LogP contribution in [0.25, 0.3) is 39.0 Å². The van der Waals surface area contributed by atoms with Gasteiger partial charge in [0.15, 0.2) is 0 Å². The molecule has 35 heavy (non-hydrogen) atoms. The van der Waals surface area contributed by atoms with Crippen LogP contribution in [0.4, 0.5) is 0 Å². The second-order valence-corrected chi connectivity index (χ2v) is 9.28. The van der Waals surface area contributed by atoms with Crippen molar-refractivity contribution in [2.24, 2.45) is 0 Å². The third kappa shape index (κ3) is 3.02. The molecular weight excluding hydrogens is 423 g/mol.